The molecule has 0 aliphatic carbocycles. The van der Waals surface area contributed by atoms with Crippen molar-refractivity contribution in [2.24, 2.45) is 0 Å². The van der Waals surface area contributed by atoms with Crippen LogP contribution in [0.4, 0.5) is 5.95 Å². The molecule has 0 amide bonds. The van der Waals surface area contributed by atoms with Gasteiger partial charge in [-0.2, -0.15) is 9.97 Å². The minimum absolute atomic E-state index is 0.0552. The van der Waals surface area contributed by atoms with Crippen molar-refractivity contribution >= 4 is 50.3 Å². The van der Waals surface area contributed by atoms with Gasteiger partial charge in [0, 0.05) is 6.20 Å². The highest BCUT2D eigenvalue weighted by Crippen LogP contribution is 2.21. The summed E-state index contributed by atoms with van der Waals surface area (Å²) in [5.74, 6) is -0.187. The third-order valence-corrected chi connectivity index (χ3v) is 4.28. The number of anilines is 1. The second-order valence-electron chi connectivity index (χ2n) is 3.86. The predicted octanol–water partition coefficient (Wildman–Crippen LogP) is 1.86. The average Bonchev–Trinajstić information content (AvgIpc) is 2.87. The zero-order chi connectivity index (χ0) is 15.0. The molecule has 0 aromatic carbocycles. The van der Waals surface area contributed by atoms with Gasteiger partial charge in [0.15, 0.2) is 10.8 Å². The first-order valence-corrected chi connectivity index (χ1v) is 7.70. The largest absolute Gasteiger partial charge is 0.341 e. The van der Waals surface area contributed by atoms with Crippen LogP contribution in [0.5, 0.6) is 0 Å². The smallest absolute Gasteiger partial charge is 0.264 e. The standard InChI is InChI=1S/C10H6Cl2N6O2S/c11-6-3-5(1-2-13-6)21(19,20)18-10-16-8(12)7-9(17-10)15-4-14-7/h1-4H,(H2,14,15,16,17,18). The van der Waals surface area contributed by atoms with E-state index in [1.807, 2.05) is 0 Å². The fourth-order valence-corrected chi connectivity index (χ4v) is 2.99. The predicted molar refractivity (Wildman–Crippen MR) is 76.7 cm³/mol. The number of nitrogens with zero attached hydrogens (tertiary/aromatic N) is 4. The zero-order valence-electron chi connectivity index (χ0n) is 10.1. The molecule has 0 bridgehead atoms. The Hall–Kier alpha value is -1.97. The zero-order valence-corrected chi connectivity index (χ0v) is 12.4. The van der Waals surface area contributed by atoms with E-state index in [2.05, 4.69) is 29.6 Å². The molecule has 11 heteroatoms. The van der Waals surface area contributed by atoms with Gasteiger partial charge in [-0.3, -0.25) is 0 Å². The molecule has 2 N–H and O–H groups in total. The van der Waals surface area contributed by atoms with Crippen molar-refractivity contribution in [1.82, 2.24) is 24.9 Å². The third kappa shape index (κ3) is 2.75. The van der Waals surface area contributed by atoms with Crippen LogP contribution < -0.4 is 4.72 Å². The van der Waals surface area contributed by atoms with Gasteiger partial charge in [-0.25, -0.2) is 23.1 Å². The molecule has 3 aromatic rings. The molecule has 8 nitrogen and oxygen atoms in total. The molecule has 3 heterocycles. The molecular weight excluding hydrogens is 339 g/mol. The van der Waals surface area contributed by atoms with E-state index in [0.717, 1.165) is 0 Å². The Morgan fingerprint density at radius 2 is 2.00 bits per heavy atom. The maximum atomic E-state index is 12.2. The van der Waals surface area contributed by atoms with Crippen molar-refractivity contribution < 1.29 is 8.42 Å². The number of nitrogens with one attached hydrogen (secondary N) is 2. The summed E-state index contributed by atoms with van der Waals surface area (Å²) in [4.78, 5) is 18.1. The van der Waals surface area contributed by atoms with Gasteiger partial charge in [-0.05, 0) is 12.1 Å². The van der Waals surface area contributed by atoms with Crippen molar-refractivity contribution in [3.63, 3.8) is 0 Å². The molecule has 3 rings (SSSR count). The number of fused-ring (bicyclic) bond motifs is 1. The van der Waals surface area contributed by atoms with Crippen molar-refractivity contribution in [2.75, 3.05) is 4.72 Å². The fourth-order valence-electron chi connectivity index (χ4n) is 1.57. The molecule has 0 unspecified atom stereocenters. The summed E-state index contributed by atoms with van der Waals surface area (Å²) < 4.78 is 26.6. The summed E-state index contributed by atoms with van der Waals surface area (Å²) in [6.07, 6.45) is 2.66. The van der Waals surface area contributed by atoms with Crippen molar-refractivity contribution in [1.29, 1.82) is 0 Å². The van der Waals surface area contributed by atoms with Gasteiger partial charge in [-0.1, -0.05) is 23.2 Å². The van der Waals surface area contributed by atoms with E-state index < -0.39 is 10.0 Å². The number of halogens is 2. The molecule has 0 saturated carbocycles. The Morgan fingerprint density at radius 3 is 2.76 bits per heavy atom. The number of imidazole rings is 1. The van der Waals surface area contributed by atoms with Crippen molar-refractivity contribution in [3.05, 3.63) is 35.0 Å². The second-order valence-corrected chi connectivity index (χ2v) is 6.29. The lowest BCUT2D eigenvalue weighted by atomic mass is 10.5. The first kappa shape index (κ1) is 14.0. The van der Waals surface area contributed by atoms with E-state index >= 15 is 0 Å². The minimum Gasteiger partial charge on any atom is -0.341 e. The highest BCUT2D eigenvalue weighted by atomic mass is 35.5. The summed E-state index contributed by atoms with van der Waals surface area (Å²) in [5, 5.41) is 0.113. The van der Waals surface area contributed by atoms with Crippen LogP contribution in [0.15, 0.2) is 29.6 Å². The fraction of sp³-hybridized carbons (Fsp3) is 0. The van der Waals surface area contributed by atoms with E-state index in [1.54, 1.807) is 0 Å². The maximum absolute atomic E-state index is 12.2. The van der Waals surface area contributed by atoms with Crippen LogP contribution in [0, 0.1) is 0 Å². The SMILES string of the molecule is O=S(=O)(Nc1nc(Cl)c2[nH]cnc2n1)c1ccnc(Cl)c1. The molecule has 0 atom stereocenters. The number of hydrogen-bond acceptors (Lipinski definition) is 6. The van der Waals surface area contributed by atoms with E-state index in [1.165, 1.54) is 24.7 Å². The van der Waals surface area contributed by atoms with Crippen LogP contribution in [-0.2, 0) is 10.0 Å². The highest BCUT2D eigenvalue weighted by molar-refractivity contribution is 7.92. The van der Waals surface area contributed by atoms with E-state index in [-0.39, 0.29) is 26.8 Å². The summed E-state index contributed by atoms with van der Waals surface area (Å²) in [6.45, 7) is 0. The first-order chi connectivity index (χ1) is 9.95. The van der Waals surface area contributed by atoms with Gasteiger partial charge < -0.3 is 4.98 Å². The monoisotopic (exact) mass is 344 g/mol. The Morgan fingerprint density at radius 1 is 1.19 bits per heavy atom. The summed E-state index contributed by atoms with van der Waals surface area (Å²) >= 11 is 11.6. The van der Waals surface area contributed by atoms with Gasteiger partial charge in [-0.15, -0.1) is 0 Å². The maximum Gasteiger partial charge on any atom is 0.264 e. The molecular formula is C10H6Cl2N6O2S. The quantitative estimate of drug-likeness (QED) is 0.553. The van der Waals surface area contributed by atoms with Crippen LogP contribution in [0.2, 0.25) is 10.3 Å². The van der Waals surface area contributed by atoms with Crippen LogP contribution in [-0.4, -0.2) is 33.3 Å². The van der Waals surface area contributed by atoms with E-state index in [4.69, 9.17) is 23.2 Å². The summed E-state index contributed by atoms with van der Waals surface area (Å²) in [5.41, 5.74) is 0.673. The molecule has 0 aliphatic heterocycles. The third-order valence-electron chi connectivity index (χ3n) is 2.48. The van der Waals surface area contributed by atoms with Crippen LogP contribution in [0.3, 0.4) is 0 Å². The molecule has 0 spiro atoms. The number of sulfonamides is 1. The normalized spacial score (nSPS) is 11.7. The Bertz CT molecular complexity index is 926. The van der Waals surface area contributed by atoms with Crippen molar-refractivity contribution in [3.8, 4) is 0 Å². The Kier molecular flexibility index (Phi) is 3.40. The summed E-state index contributed by atoms with van der Waals surface area (Å²) in [6, 6.07) is 2.50. The van der Waals surface area contributed by atoms with Gasteiger partial charge >= 0.3 is 0 Å². The lowest BCUT2D eigenvalue weighted by Gasteiger charge is -2.06. The lowest BCUT2D eigenvalue weighted by molar-refractivity contribution is 0.600. The second kappa shape index (κ2) is 5.10. The number of pyridine rings is 1. The Labute approximate surface area is 128 Å². The van der Waals surface area contributed by atoms with Crippen LogP contribution in [0.1, 0.15) is 0 Å². The molecule has 0 aliphatic rings. The number of rotatable bonds is 3. The number of H-pyrrole nitrogens is 1. The lowest BCUT2D eigenvalue weighted by Crippen LogP contribution is -2.15. The van der Waals surface area contributed by atoms with Gasteiger partial charge in [0.1, 0.15) is 10.7 Å². The summed E-state index contributed by atoms with van der Waals surface area (Å²) in [7, 11) is -3.90. The minimum atomic E-state index is -3.90. The molecule has 3 aromatic heterocycles. The van der Waals surface area contributed by atoms with Gasteiger partial charge in [0.05, 0.1) is 11.2 Å². The van der Waals surface area contributed by atoms with Crippen LogP contribution >= 0.6 is 23.2 Å². The highest BCUT2D eigenvalue weighted by Gasteiger charge is 2.18. The van der Waals surface area contributed by atoms with E-state index in [9.17, 15) is 8.42 Å². The molecule has 108 valence electrons. The molecule has 0 saturated heterocycles. The molecule has 0 fully saturated rings. The average molecular weight is 345 g/mol. The van der Waals surface area contributed by atoms with Crippen LogP contribution in [0.25, 0.3) is 11.2 Å². The number of hydrogen-bond donors (Lipinski definition) is 2. The Balaban J connectivity index is 2.01. The number of aromatic amines is 1. The molecule has 0 radical (unpaired) electrons. The van der Waals surface area contributed by atoms with Gasteiger partial charge in [0.25, 0.3) is 10.0 Å². The first-order valence-electron chi connectivity index (χ1n) is 5.47. The topological polar surface area (TPSA) is 114 Å². The van der Waals surface area contributed by atoms with Gasteiger partial charge in [0.2, 0.25) is 5.95 Å². The molecule has 21 heavy (non-hydrogen) atoms. The van der Waals surface area contributed by atoms with Crippen molar-refractivity contribution in [2.45, 2.75) is 4.90 Å². The number of aromatic nitrogens is 5. The van der Waals surface area contributed by atoms with E-state index in [0.29, 0.717) is 5.52 Å².